The number of ether oxygens (including phenoxy) is 1. The number of likely N-dealkylation sites (tertiary alicyclic amines) is 1. The number of carbonyl (C=O) groups excluding carboxylic acids is 1. The van der Waals surface area contributed by atoms with E-state index in [1.54, 1.807) is 19.1 Å². The molecule has 0 spiro atoms. The first-order valence-electron chi connectivity index (χ1n) is 10.3. The second-order valence-electron chi connectivity index (χ2n) is 7.75. The van der Waals surface area contributed by atoms with Gasteiger partial charge in [-0.05, 0) is 62.8 Å². The largest absolute Gasteiger partial charge is 0.481 e. The number of hydrogen-bond acceptors (Lipinski definition) is 6. The fourth-order valence-electron chi connectivity index (χ4n) is 4.35. The van der Waals surface area contributed by atoms with Gasteiger partial charge in [0.15, 0.2) is 6.10 Å². The molecule has 3 atom stereocenters. The molecule has 156 valence electrons. The van der Waals surface area contributed by atoms with E-state index in [0.29, 0.717) is 34.6 Å². The maximum absolute atomic E-state index is 13.0. The molecule has 1 amide bonds. The van der Waals surface area contributed by atoms with Crippen LogP contribution < -0.4 is 4.74 Å². The molecule has 2 aromatic rings. The first-order chi connectivity index (χ1) is 14.1. The lowest BCUT2D eigenvalue weighted by atomic mass is 9.78. The van der Waals surface area contributed by atoms with Crippen molar-refractivity contribution in [2.75, 3.05) is 12.3 Å². The number of benzene rings is 1. The number of amides is 1. The van der Waals surface area contributed by atoms with Crippen LogP contribution in [-0.2, 0) is 4.79 Å². The van der Waals surface area contributed by atoms with E-state index in [0.717, 1.165) is 19.4 Å². The smallest absolute Gasteiger partial charge is 0.277 e. The predicted molar refractivity (Wildman–Crippen MR) is 107 cm³/mol. The van der Waals surface area contributed by atoms with Crippen molar-refractivity contribution in [3.63, 3.8) is 0 Å². The van der Waals surface area contributed by atoms with Crippen LogP contribution in [0.1, 0.15) is 57.4 Å². The number of nitrogens with zero attached hydrogens (tertiary/aromatic N) is 3. The van der Waals surface area contributed by atoms with Gasteiger partial charge < -0.3 is 14.1 Å². The zero-order chi connectivity index (χ0) is 20.2. The van der Waals surface area contributed by atoms with Gasteiger partial charge >= 0.3 is 0 Å². The van der Waals surface area contributed by atoms with Crippen LogP contribution in [0.5, 0.6) is 5.75 Å². The number of carbonyl (C=O) groups is 1. The summed E-state index contributed by atoms with van der Waals surface area (Å²) in [7, 11) is 0. The third-order valence-electron chi connectivity index (χ3n) is 5.78. The molecular formula is C21H26FN3O3S. The summed E-state index contributed by atoms with van der Waals surface area (Å²) in [4.78, 5) is 14.9. The Balaban J connectivity index is 1.30. The van der Waals surface area contributed by atoms with Crippen molar-refractivity contribution in [3.8, 4) is 5.75 Å². The topological polar surface area (TPSA) is 68.5 Å². The number of piperidine rings is 1. The summed E-state index contributed by atoms with van der Waals surface area (Å²) < 4.78 is 24.4. The van der Waals surface area contributed by atoms with Crippen molar-refractivity contribution < 1.29 is 18.3 Å². The van der Waals surface area contributed by atoms with Crippen LogP contribution in [0.3, 0.4) is 0 Å². The van der Waals surface area contributed by atoms with Gasteiger partial charge in [0.25, 0.3) is 11.1 Å². The van der Waals surface area contributed by atoms with Gasteiger partial charge in [0, 0.05) is 12.6 Å². The van der Waals surface area contributed by atoms with Crippen LogP contribution in [0.15, 0.2) is 33.9 Å². The molecule has 0 bridgehead atoms. The maximum Gasteiger partial charge on any atom is 0.277 e. The Kier molecular flexibility index (Phi) is 6.37. The van der Waals surface area contributed by atoms with Crippen molar-refractivity contribution in [2.45, 2.75) is 62.8 Å². The second-order valence-corrected chi connectivity index (χ2v) is 8.68. The number of rotatable bonds is 6. The van der Waals surface area contributed by atoms with Crippen LogP contribution in [0.25, 0.3) is 0 Å². The highest BCUT2D eigenvalue weighted by Crippen LogP contribution is 2.35. The number of fused-ring (bicyclic) bond motifs is 1. The highest BCUT2D eigenvalue weighted by atomic mass is 32.2. The van der Waals surface area contributed by atoms with Crippen molar-refractivity contribution in [3.05, 3.63) is 36.0 Å². The molecule has 0 N–H and O–H groups in total. The summed E-state index contributed by atoms with van der Waals surface area (Å²) in [6.45, 7) is 2.64. The molecule has 1 aromatic carbocycles. The van der Waals surface area contributed by atoms with Gasteiger partial charge in [0.1, 0.15) is 11.6 Å². The number of aromatic nitrogens is 2. The molecule has 6 nitrogen and oxygen atoms in total. The minimum absolute atomic E-state index is 0.155. The molecule has 29 heavy (non-hydrogen) atoms. The molecular weight excluding hydrogens is 393 g/mol. The fourth-order valence-corrected chi connectivity index (χ4v) is 5.01. The Bertz CT molecular complexity index is 827. The fraction of sp³-hybridized carbons (Fsp3) is 0.571. The summed E-state index contributed by atoms with van der Waals surface area (Å²) in [6, 6.07) is 6.18. The van der Waals surface area contributed by atoms with Gasteiger partial charge in [-0.25, -0.2) is 4.39 Å². The van der Waals surface area contributed by atoms with Gasteiger partial charge in [-0.15, -0.1) is 10.2 Å². The van der Waals surface area contributed by atoms with Crippen LogP contribution in [0.4, 0.5) is 4.39 Å². The van der Waals surface area contributed by atoms with Crippen LogP contribution in [0, 0.1) is 11.7 Å². The lowest BCUT2D eigenvalue weighted by molar-refractivity contribution is -0.134. The molecule has 1 aliphatic carbocycles. The van der Waals surface area contributed by atoms with Gasteiger partial charge in [-0.2, -0.15) is 0 Å². The minimum atomic E-state index is -0.469. The molecule has 0 radical (unpaired) electrons. The Hall–Kier alpha value is -2.09. The average Bonchev–Trinajstić information content (AvgIpc) is 3.22. The summed E-state index contributed by atoms with van der Waals surface area (Å²) in [6.07, 6.45) is 6.77. The van der Waals surface area contributed by atoms with E-state index in [1.807, 2.05) is 0 Å². The van der Waals surface area contributed by atoms with E-state index in [4.69, 9.17) is 9.15 Å². The van der Waals surface area contributed by atoms with E-state index in [1.165, 1.54) is 49.6 Å². The van der Waals surface area contributed by atoms with Crippen molar-refractivity contribution >= 4 is 17.7 Å². The Morgan fingerprint density at radius 1 is 1.24 bits per heavy atom. The van der Waals surface area contributed by atoms with Gasteiger partial charge in [0.2, 0.25) is 5.91 Å². The van der Waals surface area contributed by atoms with Gasteiger partial charge in [-0.3, -0.25) is 4.79 Å². The SMILES string of the molecule is CC(Oc1ccc(F)cc1)c1nnc(SCC(=O)N2CCCC3CCCCC32)o1. The summed E-state index contributed by atoms with van der Waals surface area (Å²) in [5.74, 6) is 1.66. The van der Waals surface area contributed by atoms with Crippen molar-refractivity contribution in [1.29, 1.82) is 0 Å². The van der Waals surface area contributed by atoms with Crippen LogP contribution in [-0.4, -0.2) is 39.3 Å². The lowest BCUT2D eigenvalue weighted by Gasteiger charge is -2.44. The normalized spacial score (nSPS) is 22.8. The van der Waals surface area contributed by atoms with E-state index in [-0.39, 0.29) is 11.7 Å². The molecule has 1 saturated carbocycles. The van der Waals surface area contributed by atoms with Crippen LogP contribution in [0.2, 0.25) is 0 Å². The molecule has 1 aromatic heterocycles. The molecule has 4 rings (SSSR count). The lowest BCUT2D eigenvalue weighted by Crippen LogP contribution is -2.50. The minimum Gasteiger partial charge on any atom is -0.481 e. The molecule has 8 heteroatoms. The highest BCUT2D eigenvalue weighted by molar-refractivity contribution is 7.99. The Labute approximate surface area is 174 Å². The van der Waals surface area contributed by atoms with Crippen molar-refractivity contribution in [1.82, 2.24) is 15.1 Å². The third-order valence-corrected chi connectivity index (χ3v) is 6.58. The Morgan fingerprint density at radius 3 is 2.83 bits per heavy atom. The monoisotopic (exact) mass is 419 g/mol. The summed E-state index contributed by atoms with van der Waals surface area (Å²) in [5, 5.41) is 8.41. The summed E-state index contributed by atoms with van der Waals surface area (Å²) in [5.41, 5.74) is 0. The van der Waals surface area contributed by atoms with E-state index in [9.17, 15) is 9.18 Å². The number of thioether (sulfide) groups is 1. The molecule has 2 heterocycles. The molecule has 2 aliphatic rings. The number of hydrogen-bond donors (Lipinski definition) is 0. The quantitative estimate of drug-likeness (QED) is 0.637. The molecule has 1 saturated heterocycles. The van der Waals surface area contributed by atoms with E-state index in [2.05, 4.69) is 15.1 Å². The first-order valence-corrected chi connectivity index (χ1v) is 11.3. The highest BCUT2D eigenvalue weighted by Gasteiger charge is 2.35. The molecule has 2 fully saturated rings. The van der Waals surface area contributed by atoms with E-state index < -0.39 is 6.10 Å². The average molecular weight is 420 g/mol. The maximum atomic E-state index is 13.0. The zero-order valence-corrected chi connectivity index (χ0v) is 17.4. The zero-order valence-electron chi connectivity index (χ0n) is 16.6. The van der Waals surface area contributed by atoms with Gasteiger partial charge in [0.05, 0.1) is 5.75 Å². The Morgan fingerprint density at radius 2 is 2.00 bits per heavy atom. The summed E-state index contributed by atoms with van der Waals surface area (Å²) >= 11 is 1.27. The number of halogens is 1. The first kappa shape index (κ1) is 20.2. The second kappa shape index (κ2) is 9.15. The van der Waals surface area contributed by atoms with E-state index >= 15 is 0 Å². The molecule has 1 aliphatic heterocycles. The van der Waals surface area contributed by atoms with Crippen LogP contribution >= 0.6 is 11.8 Å². The van der Waals surface area contributed by atoms with Gasteiger partial charge in [-0.1, -0.05) is 24.6 Å². The third kappa shape index (κ3) is 4.91. The van der Waals surface area contributed by atoms with Crippen molar-refractivity contribution in [2.24, 2.45) is 5.92 Å². The molecule has 3 unspecified atom stereocenters. The standard InChI is InChI=1S/C21H26FN3O3S/c1-14(27-17-10-8-16(22)9-11-17)20-23-24-21(28-20)29-13-19(26)25-12-4-6-15-5-2-3-7-18(15)25/h8-11,14-15,18H,2-7,12-13H2,1H3. The predicted octanol–water partition coefficient (Wildman–Crippen LogP) is 4.62.